The molecule has 43 heavy (non-hydrogen) atoms. The van der Waals surface area contributed by atoms with Gasteiger partial charge in [0, 0.05) is 0 Å². The van der Waals surface area contributed by atoms with Crippen LogP contribution >= 0.6 is 0 Å². The molecule has 8 heteroatoms. The molecule has 0 saturated heterocycles. The van der Waals surface area contributed by atoms with Crippen LogP contribution in [-0.2, 0) is 28.9 Å². The van der Waals surface area contributed by atoms with Crippen molar-refractivity contribution < 1.29 is 45.3 Å². The molecule has 0 fully saturated rings. The van der Waals surface area contributed by atoms with E-state index in [9.17, 15) is 9.90 Å². The van der Waals surface area contributed by atoms with Gasteiger partial charge in [-0.05, 0) is 6.92 Å². The van der Waals surface area contributed by atoms with Gasteiger partial charge in [0.1, 0.15) is 0 Å². The van der Waals surface area contributed by atoms with E-state index in [2.05, 4.69) is 85.5 Å². The van der Waals surface area contributed by atoms with Crippen LogP contribution in [0.2, 0.25) is 0 Å². The summed E-state index contributed by atoms with van der Waals surface area (Å²) in [7, 11) is 0. The Morgan fingerprint density at radius 1 is 0.953 bits per heavy atom. The molecule has 4 aromatic rings. The molecule has 0 radical (unpaired) electrons. The first-order valence-electron chi connectivity index (χ1n) is 14.4. The fraction of sp³-hybridized carbons (Fsp3) is 0.286. The molecule has 0 aliphatic carbocycles. The van der Waals surface area contributed by atoms with Gasteiger partial charge in [-0.15, -0.1) is 0 Å². The van der Waals surface area contributed by atoms with Gasteiger partial charge in [-0.1, -0.05) is 6.07 Å². The Bertz CT molecular complexity index is 1560. The SMILES string of the molecule is Cc1cccc(COc2ccc3c(c2CN(CC[C@H](N)C(=O)O)Cc2ccccc2[I-]Cc2cccc(C)c2)OCO3)c1. The summed E-state index contributed by atoms with van der Waals surface area (Å²) in [5.41, 5.74) is 13.0. The molecule has 1 aliphatic heterocycles. The molecule has 0 spiro atoms. The monoisotopic (exact) mass is 693 g/mol. The number of nitrogens with zero attached hydrogens (tertiary/aromatic N) is 1. The van der Waals surface area contributed by atoms with E-state index in [0.29, 0.717) is 44.2 Å². The van der Waals surface area contributed by atoms with Crippen molar-refractivity contribution in [2.24, 2.45) is 5.73 Å². The van der Waals surface area contributed by atoms with Crippen LogP contribution in [0.3, 0.4) is 0 Å². The molecule has 0 unspecified atom stereocenters. The summed E-state index contributed by atoms with van der Waals surface area (Å²) in [6.45, 7) is 6.41. The summed E-state index contributed by atoms with van der Waals surface area (Å²) in [5, 5.41) is 9.49. The summed E-state index contributed by atoms with van der Waals surface area (Å²) in [6, 6.07) is 28.4. The van der Waals surface area contributed by atoms with Crippen molar-refractivity contribution in [3.8, 4) is 17.2 Å². The summed E-state index contributed by atoms with van der Waals surface area (Å²) >= 11 is -0.273. The van der Waals surface area contributed by atoms with Crippen molar-refractivity contribution in [2.75, 3.05) is 13.3 Å². The van der Waals surface area contributed by atoms with Gasteiger partial charge in [-0.2, -0.15) is 0 Å². The fourth-order valence-electron chi connectivity index (χ4n) is 5.09. The zero-order valence-corrected chi connectivity index (χ0v) is 26.8. The van der Waals surface area contributed by atoms with Crippen LogP contribution in [0, 0.1) is 17.4 Å². The number of carboxylic acid groups (broad SMARTS) is 1. The van der Waals surface area contributed by atoms with Crippen molar-refractivity contribution in [3.63, 3.8) is 0 Å². The first kappa shape index (κ1) is 30.8. The van der Waals surface area contributed by atoms with Crippen LogP contribution < -0.4 is 41.1 Å². The standard InChI is InChI=1S/C35H38IN2O5/c1-24-7-5-9-26(17-24)19-36-30-12-4-3-11-28(30)20-38(16-15-31(37)35(39)40)21-29-32(13-14-33-34(29)43-23-42-33)41-22-27-10-6-8-25(2)18-27/h3-14,17-18,31H,15-16,19-23,37H2,1-2H3,(H,39,40)/q-1/t31-/m0/s1. The van der Waals surface area contributed by atoms with Crippen molar-refractivity contribution in [3.05, 3.63) is 122 Å². The van der Waals surface area contributed by atoms with Gasteiger partial charge in [-0.3, -0.25) is 0 Å². The Labute approximate surface area is 263 Å². The number of hydrogen-bond acceptors (Lipinski definition) is 6. The molecule has 0 bridgehead atoms. The molecule has 226 valence electrons. The minimum absolute atomic E-state index is 0.153. The Kier molecular flexibility index (Phi) is 10.6. The summed E-state index contributed by atoms with van der Waals surface area (Å²) in [4.78, 5) is 13.8. The predicted molar refractivity (Wildman–Crippen MR) is 162 cm³/mol. The van der Waals surface area contributed by atoms with Gasteiger partial charge in [0.25, 0.3) is 0 Å². The van der Waals surface area contributed by atoms with E-state index in [-0.39, 0.29) is 28.0 Å². The zero-order chi connectivity index (χ0) is 30.2. The third-order valence-corrected chi connectivity index (χ3v) is 10.5. The number of benzene rings is 4. The number of aryl methyl sites for hydroxylation is 2. The van der Waals surface area contributed by atoms with Gasteiger partial charge in [-0.25, -0.2) is 0 Å². The van der Waals surface area contributed by atoms with E-state index in [4.69, 9.17) is 19.9 Å². The molecule has 0 aromatic heterocycles. The number of hydrogen-bond donors (Lipinski definition) is 2. The Morgan fingerprint density at radius 3 is 2.47 bits per heavy atom. The zero-order valence-electron chi connectivity index (χ0n) is 24.6. The van der Waals surface area contributed by atoms with Crippen molar-refractivity contribution in [1.29, 1.82) is 0 Å². The molecular weight excluding hydrogens is 655 g/mol. The average Bonchev–Trinajstić information content (AvgIpc) is 3.48. The van der Waals surface area contributed by atoms with Gasteiger partial charge in [0.05, 0.1) is 0 Å². The van der Waals surface area contributed by atoms with E-state index in [1.807, 2.05) is 18.2 Å². The van der Waals surface area contributed by atoms with Crippen LogP contribution in [-0.4, -0.2) is 35.4 Å². The second-order valence-corrected chi connectivity index (χ2v) is 13.5. The number of aliphatic carboxylic acids is 1. The third-order valence-electron chi connectivity index (χ3n) is 7.33. The molecule has 1 atom stereocenters. The van der Waals surface area contributed by atoms with Gasteiger partial charge in [0.2, 0.25) is 0 Å². The topological polar surface area (TPSA) is 94.3 Å². The molecular formula is C35H38IN2O5-. The number of rotatable bonds is 14. The fourth-order valence-corrected chi connectivity index (χ4v) is 7.71. The minimum atomic E-state index is -0.996. The quantitative estimate of drug-likeness (QED) is 0.155. The van der Waals surface area contributed by atoms with E-state index in [1.165, 1.54) is 25.8 Å². The molecule has 7 nitrogen and oxygen atoms in total. The number of halogens is 1. The van der Waals surface area contributed by atoms with E-state index >= 15 is 0 Å². The Hall–Kier alpha value is -3.60. The Balaban J connectivity index is 1.40. The maximum atomic E-state index is 11.6. The van der Waals surface area contributed by atoms with Crippen molar-refractivity contribution >= 4 is 5.97 Å². The van der Waals surface area contributed by atoms with Crippen LogP contribution in [0.1, 0.15) is 39.8 Å². The molecule has 4 aromatic carbocycles. The van der Waals surface area contributed by atoms with Crippen LogP contribution in [0.4, 0.5) is 0 Å². The van der Waals surface area contributed by atoms with Gasteiger partial charge in [0.15, 0.2) is 0 Å². The van der Waals surface area contributed by atoms with E-state index in [1.54, 1.807) is 0 Å². The number of alkyl halides is 1. The summed E-state index contributed by atoms with van der Waals surface area (Å²) < 4.78 is 20.4. The molecule has 1 heterocycles. The summed E-state index contributed by atoms with van der Waals surface area (Å²) in [5.74, 6) is 1.08. The first-order valence-corrected chi connectivity index (χ1v) is 17.0. The molecule has 0 saturated carbocycles. The van der Waals surface area contributed by atoms with E-state index in [0.717, 1.165) is 21.3 Å². The van der Waals surface area contributed by atoms with Gasteiger partial charge >= 0.3 is 252 Å². The van der Waals surface area contributed by atoms with Crippen LogP contribution in [0.25, 0.3) is 0 Å². The second-order valence-electron chi connectivity index (χ2n) is 10.8. The molecule has 5 rings (SSSR count). The summed E-state index contributed by atoms with van der Waals surface area (Å²) in [6.07, 6.45) is 0.321. The number of nitrogens with two attached hydrogens (primary N) is 1. The number of ether oxygens (including phenoxy) is 3. The predicted octanol–water partition coefficient (Wildman–Crippen LogP) is 2.87. The van der Waals surface area contributed by atoms with E-state index < -0.39 is 12.0 Å². The third kappa shape index (κ3) is 8.49. The number of carbonyl (C=O) groups is 1. The molecule has 1 aliphatic rings. The van der Waals surface area contributed by atoms with Crippen LogP contribution in [0.5, 0.6) is 17.2 Å². The molecule has 0 amide bonds. The maximum absolute atomic E-state index is 11.6. The van der Waals surface area contributed by atoms with Gasteiger partial charge < -0.3 is 0 Å². The normalized spacial score (nSPS) is 12.9. The van der Waals surface area contributed by atoms with Crippen molar-refractivity contribution in [1.82, 2.24) is 4.90 Å². The first-order chi connectivity index (χ1) is 20.9. The second kappa shape index (κ2) is 14.7. The number of carboxylic acids is 1. The van der Waals surface area contributed by atoms with Crippen LogP contribution in [0.15, 0.2) is 84.9 Å². The number of fused-ring (bicyclic) bond motifs is 1. The molecule has 3 N–H and O–H groups in total. The average molecular weight is 694 g/mol. The Morgan fingerprint density at radius 2 is 1.70 bits per heavy atom. The van der Waals surface area contributed by atoms with Crippen molar-refractivity contribution in [2.45, 2.75) is 50.4 Å².